The number of carbonyl (C=O) groups excluding carboxylic acids is 1. The van der Waals surface area contributed by atoms with Crippen LogP contribution in [0.25, 0.3) is 0 Å². The number of fused-ring (bicyclic) bond motifs is 1. The first-order valence-electron chi connectivity index (χ1n) is 8.81. The Hall–Kier alpha value is -1.40. The van der Waals surface area contributed by atoms with Gasteiger partial charge in [0.2, 0.25) is 15.9 Å². The van der Waals surface area contributed by atoms with Crippen molar-refractivity contribution in [3.8, 4) is 0 Å². The van der Waals surface area contributed by atoms with E-state index in [9.17, 15) is 13.2 Å². The third-order valence-corrected chi connectivity index (χ3v) is 7.51. The SMILES string of the molecule is CCN1[C@@H]2CCCC[C@@]2(C(=O)NCc2ccccc2)CCS1(=O)=O. The van der Waals surface area contributed by atoms with Crippen LogP contribution in [0.2, 0.25) is 0 Å². The van der Waals surface area contributed by atoms with Crippen molar-refractivity contribution in [3.63, 3.8) is 0 Å². The normalized spacial score (nSPS) is 29.6. The molecule has 0 radical (unpaired) electrons. The van der Waals surface area contributed by atoms with Crippen molar-refractivity contribution in [1.82, 2.24) is 9.62 Å². The minimum absolute atomic E-state index is 0.0180. The van der Waals surface area contributed by atoms with Crippen LogP contribution in [0.1, 0.15) is 44.6 Å². The van der Waals surface area contributed by atoms with Crippen molar-refractivity contribution in [2.24, 2.45) is 5.41 Å². The first-order valence-corrected chi connectivity index (χ1v) is 10.4. The van der Waals surface area contributed by atoms with Gasteiger partial charge in [-0.05, 0) is 24.8 Å². The van der Waals surface area contributed by atoms with Crippen molar-refractivity contribution in [2.75, 3.05) is 12.3 Å². The van der Waals surface area contributed by atoms with Crippen LogP contribution in [-0.4, -0.2) is 37.0 Å². The molecule has 0 bridgehead atoms. The summed E-state index contributed by atoms with van der Waals surface area (Å²) in [7, 11) is -3.23. The van der Waals surface area contributed by atoms with Gasteiger partial charge in [0, 0.05) is 19.1 Å². The number of carbonyl (C=O) groups is 1. The molecule has 1 aliphatic heterocycles. The van der Waals surface area contributed by atoms with Gasteiger partial charge in [0.1, 0.15) is 0 Å². The Labute approximate surface area is 144 Å². The van der Waals surface area contributed by atoms with E-state index in [4.69, 9.17) is 0 Å². The molecule has 2 aliphatic rings. The lowest BCUT2D eigenvalue weighted by molar-refractivity contribution is -0.137. The van der Waals surface area contributed by atoms with E-state index in [-0.39, 0.29) is 17.7 Å². The highest BCUT2D eigenvalue weighted by Gasteiger charge is 2.54. The smallest absolute Gasteiger partial charge is 0.228 e. The summed E-state index contributed by atoms with van der Waals surface area (Å²) in [5.41, 5.74) is 0.499. The van der Waals surface area contributed by atoms with E-state index in [0.29, 0.717) is 19.5 Å². The van der Waals surface area contributed by atoms with Crippen molar-refractivity contribution < 1.29 is 13.2 Å². The number of hydrogen-bond donors (Lipinski definition) is 1. The first kappa shape index (κ1) is 17.4. The summed E-state index contributed by atoms with van der Waals surface area (Å²) < 4.78 is 26.4. The summed E-state index contributed by atoms with van der Waals surface area (Å²) >= 11 is 0. The molecule has 0 unspecified atom stereocenters. The molecule has 1 aromatic rings. The molecule has 1 saturated carbocycles. The molecule has 1 N–H and O–H groups in total. The fraction of sp³-hybridized carbons (Fsp3) is 0.611. The first-order chi connectivity index (χ1) is 11.5. The molecule has 24 heavy (non-hydrogen) atoms. The number of nitrogens with one attached hydrogen (secondary N) is 1. The summed E-state index contributed by atoms with van der Waals surface area (Å²) in [6, 6.07) is 9.64. The summed E-state index contributed by atoms with van der Waals surface area (Å²) in [5, 5.41) is 3.07. The van der Waals surface area contributed by atoms with Gasteiger partial charge in [-0.25, -0.2) is 8.42 Å². The van der Waals surface area contributed by atoms with E-state index in [0.717, 1.165) is 31.2 Å². The van der Waals surface area contributed by atoms with Crippen LogP contribution in [0.15, 0.2) is 30.3 Å². The molecule has 132 valence electrons. The van der Waals surface area contributed by atoms with Crippen molar-refractivity contribution >= 4 is 15.9 Å². The van der Waals surface area contributed by atoms with Crippen LogP contribution < -0.4 is 5.32 Å². The number of hydrogen-bond acceptors (Lipinski definition) is 3. The molecule has 1 heterocycles. The van der Waals surface area contributed by atoms with Gasteiger partial charge in [-0.15, -0.1) is 0 Å². The van der Waals surface area contributed by atoms with E-state index in [2.05, 4.69) is 5.32 Å². The zero-order valence-corrected chi connectivity index (χ0v) is 15.0. The topological polar surface area (TPSA) is 66.5 Å². The average molecular weight is 350 g/mol. The quantitative estimate of drug-likeness (QED) is 0.906. The van der Waals surface area contributed by atoms with E-state index in [1.807, 2.05) is 37.3 Å². The zero-order valence-electron chi connectivity index (χ0n) is 14.2. The number of rotatable bonds is 4. The Morgan fingerprint density at radius 3 is 2.71 bits per heavy atom. The predicted molar refractivity (Wildman–Crippen MR) is 93.8 cm³/mol. The van der Waals surface area contributed by atoms with Gasteiger partial charge in [-0.1, -0.05) is 50.1 Å². The largest absolute Gasteiger partial charge is 0.351 e. The van der Waals surface area contributed by atoms with Crippen molar-refractivity contribution in [1.29, 1.82) is 0 Å². The molecule has 5 nitrogen and oxygen atoms in total. The maximum absolute atomic E-state index is 13.1. The second-order valence-corrected chi connectivity index (χ2v) is 8.90. The molecule has 2 fully saturated rings. The molecule has 0 aromatic heterocycles. The highest BCUT2D eigenvalue weighted by atomic mass is 32.2. The van der Waals surface area contributed by atoms with Crippen LogP contribution in [-0.2, 0) is 21.4 Å². The van der Waals surface area contributed by atoms with Gasteiger partial charge < -0.3 is 5.32 Å². The number of amides is 1. The standard InChI is InChI=1S/C18H26N2O3S/c1-2-20-16-10-6-7-11-18(16,12-13-24(20,22)23)17(21)19-14-15-8-4-3-5-9-15/h3-5,8-9,16H,2,6-7,10-14H2,1H3,(H,19,21)/t16-,18-/m1/s1. The Kier molecular flexibility index (Phi) is 4.97. The third-order valence-electron chi connectivity index (χ3n) is 5.56. The van der Waals surface area contributed by atoms with Crippen LogP contribution in [0, 0.1) is 5.41 Å². The lowest BCUT2D eigenvalue weighted by Crippen LogP contribution is -2.62. The van der Waals surface area contributed by atoms with E-state index in [1.54, 1.807) is 4.31 Å². The molecule has 1 aliphatic carbocycles. The number of sulfonamides is 1. The Morgan fingerprint density at radius 1 is 1.25 bits per heavy atom. The average Bonchev–Trinajstić information content (AvgIpc) is 2.60. The van der Waals surface area contributed by atoms with Gasteiger partial charge in [0.25, 0.3) is 0 Å². The summed E-state index contributed by atoms with van der Waals surface area (Å²) in [4.78, 5) is 13.1. The number of nitrogens with zero attached hydrogens (tertiary/aromatic N) is 1. The molecule has 0 spiro atoms. The fourth-order valence-corrected chi connectivity index (χ4v) is 6.25. The molecule has 1 aromatic carbocycles. The van der Waals surface area contributed by atoms with Crippen LogP contribution >= 0.6 is 0 Å². The lowest BCUT2D eigenvalue weighted by Gasteiger charge is -2.50. The van der Waals surface area contributed by atoms with E-state index in [1.165, 1.54) is 0 Å². The molecule has 2 atom stereocenters. The molecule has 3 rings (SSSR count). The molecule has 1 saturated heterocycles. The van der Waals surface area contributed by atoms with Crippen LogP contribution in [0.4, 0.5) is 0 Å². The number of benzene rings is 1. The van der Waals surface area contributed by atoms with E-state index >= 15 is 0 Å². The van der Waals surface area contributed by atoms with Gasteiger partial charge in [-0.2, -0.15) is 4.31 Å². The Balaban J connectivity index is 1.81. The minimum atomic E-state index is -3.23. The molecule has 6 heteroatoms. The Bertz CT molecular complexity index is 689. The van der Waals surface area contributed by atoms with Crippen molar-refractivity contribution in [2.45, 2.75) is 51.6 Å². The summed E-state index contributed by atoms with van der Waals surface area (Å²) in [6.07, 6.45) is 3.99. The van der Waals surface area contributed by atoms with Crippen LogP contribution in [0.3, 0.4) is 0 Å². The molecule has 1 amide bonds. The van der Waals surface area contributed by atoms with Gasteiger partial charge in [-0.3, -0.25) is 4.79 Å². The highest BCUT2D eigenvalue weighted by molar-refractivity contribution is 7.89. The van der Waals surface area contributed by atoms with Gasteiger partial charge >= 0.3 is 0 Å². The van der Waals surface area contributed by atoms with Crippen molar-refractivity contribution in [3.05, 3.63) is 35.9 Å². The summed E-state index contributed by atoms with van der Waals surface area (Å²) in [6.45, 7) is 2.80. The Morgan fingerprint density at radius 2 is 2.00 bits per heavy atom. The van der Waals surface area contributed by atoms with Gasteiger partial charge in [0.15, 0.2) is 0 Å². The fourth-order valence-electron chi connectivity index (χ4n) is 4.30. The minimum Gasteiger partial charge on any atom is -0.351 e. The third kappa shape index (κ3) is 3.09. The predicted octanol–water partition coefficient (Wildman–Crippen LogP) is 2.29. The monoisotopic (exact) mass is 350 g/mol. The lowest BCUT2D eigenvalue weighted by atomic mass is 9.67. The summed E-state index contributed by atoms with van der Waals surface area (Å²) in [5.74, 6) is 0.0974. The van der Waals surface area contributed by atoms with Gasteiger partial charge in [0.05, 0.1) is 11.2 Å². The second kappa shape index (κ2) is 6.84. The molecular formula is C18H26N2O3S. The highest BCUT2D eigenvalue weighted by Crippen LogP contribution is 2.46. The second-order valence-electron chi connectivity index (χ2n) is 6.86. The maximum atomic E-state index is 13.1. The van der Waals surface area contributed by atoms with E-state index < -0.39 is 15.4 Å². The van der Waals surface area contributed by atoms with Crippen LogP contribution in [0.5, 0.6) is 0 Å². The maximum Gasteiger partial charge on any atom is 0.228 e. The molecular weight excluding hydrogens is 324 g/mol. The zero-order chi connectivity index (χ0) is 17.2.